The maximum atomic E-state index is 12.8. The summed E-state index contributed by atoms with van der Waals surface area (Å²) in [5, 5.41) is 10.2. The van der Waals surface area contributed by atoms with Gasteiger partial charge in [-0.3, -0.25) is 10.1 Å². The molecule has 0 saturated heterocycles. The minimum absolute atomic E-state index is 0.481. The minimum Gasteiger partial charge on any atom is -0.258 e. The molecular formula is C8H6F3NO2. The fourth-order valence-electron chi connectivity index (χ4n) is 0.963. The number of hydrogen-bond acceptors (Lipinski definition) is 2. The van der Waals surface area contributed by atoms with Crippen molar-refractivity contribution >= 4 is 5.69 Å². The van der Waals surface area contributed by atoms with Crippen molar-refractivity contribution in [3.8, 4) is 0 Å². The molecule has 0 spiro atoms. The average Bonchev–Trinajstić information content (AvgIpc) is 2.02. The Morgan fingerprint density at radius 1 is 1.43 bits per heavy atom. The van der Waals surface area contributed by atoms with E-state index in [9.17, 15) is 23.3 Å². The van der Waals surface area contributed by atoms with Gasteiger partial charge in [-0.1, -0.05) is 0 Å². The number of non-ortho nitro benzene ring substituents is 1. The van der Waals surface area contributed by atoms with E-state index in [2.05, 4.69) is 0 Å². The van der Waals surface area contributed by atoms with Crippen LogP contribution in [0.25, 0.3) is 0 Å². The quantitative estimate of drug-likeness (QED) is 0.550. The van der Waals surface area contributed by atoms with Gasteiger partial charge in [-0.25, -0.2) is 13.2 Å². The van der Waals surface area contributed by atoms with Gasteiger partial charge in [0.1, 0.15) is 5.82 Å². The van der Waals surface area contributed by atoms with Gasteiger partial charge >= 0.3 is 0 Å². The second kappa shape index (κ2) is 3.28. The Kier molecular flexibility index (Phi) is 2.46. The molecule has 0 fully saturated rings. The Labute approximate surface area is 77.3 Å². The second-order valence-electron chi connectivity index (χ2n) is 2.81. The number of nitro groups is 1. The van der Waals surface area contributed by atoms with Crippen molar-refractivity contribution in [2.75, 3.05) is 0 Å². The lowest BCUT2D eigenvalue weighted by atomic mass is 10.1. The molecule has 14 heavy (non-hydrogen) atoms. The standard InChI is InChI=1S/C8H6F3NO2/c1-8(10,11)6-4-5(12(13)14)2-3-7(6)9/h2-4H,1H3. The van der Waals surface area contributed by atoms with E-state index in [1.165, 1.54) is 0 Å². The van der Waals surface area contributed by atoms with Crippen molar-refractivity contribution in [2.24, 2.45) is 0 Å². The van der Waals surface area contributed by atoms with Gasteiger partial charge in [0, 0.05) is 19.1 Å². The van der Waals surface area contributed by atoms with Crippen LogP contribution in [0.2, 0.25) is 0 Å². The van der Waals surface area contributed by atoms with Crippen molar-refractivity contribution in [1.82, 2.24) is 0 Å². The van der Waals surface area contributed by atoms with E-state index in [0.717, 1.165) is 6.07 Å². The number of nitro benzene ring substituents is 1. The molecule has 0 aromatic heterocycles. The summed E-state index contributed by atoms with van der Waals surface area (Å²) >= 11 is 0. The highest BCUT2D eigenvalue weighted by atomic mass is 19.3. The summed E-state index contributed by atoms with van der Waals surface area (Å²) in [6.07, 6.45) is 0. The lowest BCUT2D eigenvalue weighted by Crippen LogP contribution is -2.10. The van der Waals surface area contributed by atoms with Crippen LogP contribution in [0.5, 0.6) is 0 Å². The fraction of sp³-hybridized carbons (Fsp3) is 0.250. The van der Waals surface area contributed by atoms with Gasteiger partial charge in [-0.15, -0.1) is 0 Å². The van der Waals surface area contributed by atoms with Crippen LogP contribution in [-0.4, -0.2) is 4.92 Å². The monoisotopic (exact) mass is 205 g/mol. The van der Waals surface area contributed by atoms with Crippen molar-refractivity contribution in [3.05, 3.63) is 39.7 Å². The summed E-state index contributed by atoms with van der Waals surface area (Å²) in [6, 6.07) is 2.03. The van der Waals surface area contributed by atoms with Crippen LogP contribution in [0.4, 0.5) is 18.9 Å². The number of halogens is 3. The van der Waals surface area contributed by atoms with E-state index < -0.39 is 27.9 Å². The molecule has 0 radical (unpaired) electrons. The van der Waals surface area contributed by atoms with Crippen LogP contribution >= 0.6 is 0 Å². The first-order chi connectivity index (χ1) is 6.32. The molecule has 0 heterocycles. The summed E-state index contributed by atoms with van der Waals surface area (Å²) in [5.41, 5.74) is -1.52. The molecule has 0 unspecified atom stereocenters. The Morgan fingerprint density at radius 3 is 2.43 bits per heavy atom. The van der Waals surface area contributed by atoms with Gasteiger partial charge in [-0.05, 0) is 6.07 Å². The zero-order valence-corrected chi connectivity index (χ0v) is 7.13. The molecule has 1 aromatic carbocycles. The average molecular weight is 205 g/mol. The highest BCUT2D eigenvalue weighted by Gasteiger charge is 2.30. The number of hydrogen-bond donors (Lipinski definition) is 0. The highest BCUT2D eigenvalue weighted by molar-refractivity contribution is 5.37. The Morgan fingerprint density at radius 2 is 2.00 bits per heavy atom. The summed E-state index contributed by atoms with van der Waals surface area (Å²) < 4.78 is 38.2. The van der Waals surface area contributed by atoms with Gasteiger partial charge in [0.15, 0.2) is 0 Å². The Hall–Kier alpha value is -1.59. The minimum atomic E-state index is -3.42. The molecule has 0 aliphatic heterocycles. The first-order valence-electron chi connectivity index (χ1n) is 3.64. The first kappa shape index (κ1) is 10.5. The molecule has 6 heteroatoms. The molecule has 0 saturated carbocycles. The van der Waals surface area contributed by atoms with Gasteiger partial charge < -0.3 is 0 Å². The summed E-state index contributed by atoms with van der Waals surface area (Å²) in [6.45, 7) is 0.481. The zero-order chi connectivity index (χ0) is 10.9. The SMILES string of the molecule is CC(F)(F)c1cc([N+](=O)[O-])ccc1F. The smallest absolute Gasteiger partial charge is 0.258 e. The third-order valence-electron chi connectivity index (χ3n) is 1.63. The van der Waals surface area contributed by atoms with E-state index in [4.69, 9.17) is 0 Å². The molecular weight excluding hydrogens is 199 g/mol. The van der Waals surface area contributed by atoms with Gasteiger partial charge in [0.25, 0.3) is 11.6 Å². The van der Waals surface area contributed by atoms with Crippen molar-refractivity contribution in [1.29, 1.82) is 0 Å². The van der Waals surface area contributed by atoms with E-state index >= 15 is 0 Å². The Balaban J connectivity index is 3.29. The molecule has 1 aromatic rings. The molecule has 0 N–H and O–H groups in total. The van der Waals surface area contributed by atoms with E-state index in [1.54, 1.807) is 0 Å². The number of nitrogens with zero attached hydrogens (tertiary/aromatic N) is 1. The van der Waals surface area contributed by atoms with Crippen LogP contribution in [0.1, 0.15) is 12.5 Å². The normalized spacial score (nSPS) is 11.4. The topological polar surface area (TPSA) is 43.1 Å². The molecule has 1 rings (SSSR count). The predicted molar refractivity (Wildman–Crippen MR) is 42.6 cm³/mol. The number of benzene rings is 1. The maximum absolute atomic E-state index is 12.8. The van der Waals surface area contributed by atoms with Crippen LogP contribution in [0.15, 0.2) is 18.2 Å². The van der Waals surface area contributed by atoms with Crippen molar-refractivity contribution < 1.29 is 18.1 Å². The maximum Gasteiger partial charge on any atom is 0.273 e. The van der Waals surface area contributed by atoms with Gasteiger partial charge in [-0.2, -0.15) is 0 Å². The number of rotatable bonds is 2. The van der Waals surface area contributed by atoms with Crippen molar-refractivity contribution in [2.45, 2.75) is 12.8 Å². The van der Waals surface area contributed by atoms with Crippen LogP contribution < -0.4 is 0 Å². The fourth-order valence-corrected chi connectivity index (χ4v) is 0.963. The molecule has 76 valence electrons. The van der Waals surface area contributed by atoms with Crippen LogP contribution in [-0.2, 0) is 5.92 Å². The summed E-state index contributed by atoms with van der Waals surface area (Å²) in [5.74, 6) is -4.57. The summed E-state index contributed by atoms with van der Waals surface area (Å²) in [4.78, 5) is 9.38. The Bertz CT molecular complexity index is 373. The van der Waals surface area contributed by atoms with E-state index in [0.29, 0.717) is 19.1 Å². The predicted octanol–water partition coefficient (Wildman–Crippen LogP) is 2.85. The number of alkyl halides is 2. The van der Waals surface area contributed by atoms with Gasteiger partial charge in [0.2, 0.25) is 0 Å². The molecule has 0 atom stereocenters. The van der Waals surface area contributed by atoms with Crippen LogP contribution in [0.3, 0.4) is 0 Å². The second-order valence-corrected chi connectivity index (χ2v) is 2.81. The third-order valence-corrected chi connectivity index (χ3v) is 1.63. The summed E-state index contributed by atoms with van der Waals surface area (Å²) in [7, 11) is 0. The molecule has 0 aliphatic carbocycles. The molecule has 0 bridgehead atoms. The van der Waals surface area contributed by atoms with Crippen molar-refractivity contribution in [3.63, 3.8) is 0 Å². The molecule has 0 amide bonds. The van der Waals surface area contributed by atoms with E-state index in [-0.39, 0.29) is 0 Å². The highest BCUT2D eigenvalue weighted by Crippen LogP contribution is 2.31. The van der Waals surface area contributed by atoms with Gasteiger partial charge in [0.05, 0.1) is 10.5 Å². The molecule has 0 aliphatic rings. The molecule has 3 nitrogen and oxygen atoms in total. The third kappa shape index (κ3) is 2.01. The van der Waals surface area contributed by atoms with E-state index in [1.807, 2.05) is 0 Å². The zero-order valence-electron chi connectivity index (χ0n) is 7.13. The largest absolute Gasteiger partial charge is 0.273 e. The lowest BCUT2D eigenvalue weighted by molar-refractivity contribution is -0.385. The van der Waals surface area contributed by atoms with Crippen LogP contribution in [0, 0.1) is 15.9 Å². The first-order valence-corrected chi connectivity index (χ1v) is 3.64. The lowest BCUT2D eigenvalue weighted by Gasteiger charge is -2.10.